The standard InChI is InChI=1S/C25H21FN4O2/c26-18-9-6-10-19(15-18)27-23(31)16-22-24(32)29(14-13-17-7-2-1-3-8-17)25-28-20-11-4-5-12-21(20)30(22)25/h1-12,15,22H,13-14,16H2,(H,27,31)/t22-/m1/s1. The summed E-state index contributed by atoms with van der Waals surface area (Å²) < 4.78 is 15.3. The number of hydrogen-bond acceptors (Lipinski definition) is 3. The number of benzene rings is 3. The minimum absolute atomic E-state index is 0.0649. The number of nitrogens with zero attached hydrogens (tertiary/aromatic N) is 3. The molecule has 2 heterocycles. The van der Waals surface area contributed by atoms with Crippen LogP contribution in [-0.2, 0) is 16.0 Å². The van der Waals surface area contributed by atoms with E-state index < -0.39 is 11.9 Å². The van der Waals surface area contributed by atoms with E-state index in [1.165, 1.54) is 18.2 Å². The van der Waals surface area contributed by atoms with Gasteiger partial charge in [0.2, 0.25) is 11.9 Å². The molecule has 32 heavy (non-hydrogen) atoms. The fourth-order valence-electron chi connectivity index (χ4n) is 4.15. The Bertz CT molecular complexity index is 1300. The smallest absolute Gasteiger partial charge is 0.253 e. The second-order valence-electron chi connectivity index (χ2n) is 7.77. The monoisotopic (exact) mass is 428 g/mol. The number of amides is 2. The highest BCUT2D eigenvalue weighted by molar-refractivity contribution is 6.05. The third kappa shape index (κ3) is 3.73. The minimum Gasteiger partial charge on any atom is -0.326 e. The first-order chi connectivity index (χ1) is 15.6. The zero-order valence-corrected chi connectivity index (χ0v) is 17.2. The van der Waals surface area contributed by atoms with Crippen LogP contribution in [0.2, 0.25) is 0 Å². The van der Waals surface area contributed by atoms with Gasteiger partial charge in [-0.2, -0.15) is 0 Å². The molecule has 4 aromatic rings. The molecule has 0 fully saturated rings. The number of carbonyl (C=O) groups excluding carboxylic acids is 2. The van der Waals surface area contributed by atoms with Gasteiger partial charge < -0.3 is 5.32 Å². The molecule has 3 aromatic carbocycles. The van der Waals surface area contributed by atoms with E-state index >= 15 is 0 Å². The molecule has 7 heteroatoms. The first-order valence-electron chi connectivity index (χ1n) is 10.5. The molecular formula is C25H21FN4O2. The normalized spacial score (nSPS) is 15.2. The van der Waals surface area contributed by atoms with Gasteiger partial charge in [0.25, 0.3) is 5.91 Å². The van der Waals surface area contributed by atoms with Crippen LogP contribution in [0.25, 0.3) is 11.0 Å². The van der Waals surface area contributed by atoms with Gasteiger partial charge in [0.1, 0.15) is 11.9 Å². The highest BCUT2D eigenvalue weighted by Crippen LogP contribution is 2.36. The summed E-state index contributed by atoms with van der Waals surface area (Å²) in [6.45, 7) is 0.466. The maximum Gasteiger partial charge on any atom is 0.253 e. The van der Waals surface area contributed by atoms with Crippen molar-refractivity contribution in [1.29, 1.82) is 0 Å². The lowest BCUT2D eigenvalue weighted by Crippen LogP contribution is -2.33. The summed E-state index contributed by atoms with van der Waals surface area (Å²) in [6, 6.07) is 22.5. The van der Waals surface area contributed by atoms with Gasteiger partial charge in [-0.05, 0) is 42.3 Å². The second kappa shape index (κ2) is 8.26. The number of halogens is 1. The molecule has 0 saturated carbocycles. The predicted octanol–water partition coefficient (Wildman–Crippen LogP) is 4.33. The maximum absolute atomic E-state index is 13.5. The van der Waals surface area contributed by atoms with Crippen LogP contribution in [0.3, 0.4) is 0 Å². The highest BCUT2D eigenvalue weighted by atomic mass is 19.1. The van der Waals surface area contributed by atoms with E-state index in [9.17, 15) is 14.0 Å². The Morgan fingerprint density at radius 1 is 1.00 bits per heavy atom. The largest absolute Gasteiger partial charge is 0.326 e. The molecule has 0 spiro atoms. The van der Waals surface area contributed by atoms with Crippen molar-refractivity contribution in [3.05, 3.63) is 90.2 Å². The molecule has 1 atom stereocenters. The van der Waals surface area contributed by atoms with Crippen LogP contribution in [0, 0.1) is 5.82 Å². The number of carbonyl (C=O) groups is 2. The van der Waals surface area contributed by atoms with Crippen molar-refractivity contribution in [3.8, 4) is 0 Å². The highest BCUT2D eigenvalue weighted by Gasteiger charge is 2.40. The van der Waals surface area contributed by atoms with Crippen molar-refractivity contribution in [2.45, 2.75) is 18.9 Å². The van der Waals surface area contributed by atoms with E-state index in [1.807, 2.05) is 59.2 Å². The lowest BCUT2D eigenvalue weighted by Gasteiger charge is -2.16. The Morgan fingerprint density at radius 3 is 2.59 bits per heavy atom. The third-order valence-electron chi connectivity index (χ3n) is 5.64. The Balaban J connectivity index is 1.42. The van der Waals surface area contributed by atoms with Crippen molar-refractivity contribution in [2.24, 2.45) is 0 Å². The average Bonchev–Trinajstić information content (AvgIpc) is 3.28. The quantitative estimate of drug-likeness (QED) is 0.497. The summed E-state index contributed by atoms with van der Waals surface area (Å²) >= 11 is 0. The Labute approximate surface area is 184 Å². The SMILES string of the molecule is O=C(C[C@@H]1C(=O)N(CCc2ccccc2)c2nc3ccccc3n21)Nc1cccc(F)c1. The third-order valence-corrected chi connectivity index (χ3v) is 5.64. The first-order valence-corrected chi connectivity index (χ1v) is 10.5. The average molecular weight is 428 g/mol. The lowest BCUT2D eigenvalue weighted by molar-refractivity contribution is -0.124. The van der Waals surface area contributed by atoms with Crippen LogP contribution in [0.4, 0.5) is 16.0 Å². The van der Waals surface area contributed by atoms with Gasteiger partial charge in [0, 0.05) is 12.2 Å². The van der Waals surface area contributed by atoms with Crippen LogP contribution in [0.1, 0.15) is 18.0 Å². The van der Waals surface area contributed by atoms with Crippen molar-refractivity contribution >= 4 is 34.5 Å². The fraction of sp³-hybridized carbons (Fsp3) is 0.160. The lowest BCUT2D eigenvalue weighted by atomic mass is 10.1. The van der Waals surface area contributed by atoms with Crippen LogP contribution in [0.5, 0.6) is 0 Å². The molecule has 160 valence electrons. The Kier molecular flexibility index (Phi) is 5.15. The zero-order valence-electron chi connectivity index (χ0n) is 17.2. The van der Waals surface area contributed by atoms with Crippen LogP contribution in [0.15, 0.2) is 78.9 Å². The van der Waals surface area contributed by atoms with Gasteiger partial charge in [0.05, 0.1) is 17.5 Å². The number of nitrogens with one attached hydrogen (secondary N) is 1. The summed E-state index contributed by atoms with van der Waals surface area (Å²) in [5.74, 6) is -0.406. The molecule has 6 nitrogen and oxygen atoms in total. The van der Waals surface area contributed by atoms with Gasteiger partial charge in [-0.15, -0.1) is 0 Å². The molecule has 0 saturated heterocycles. The number of hydrogen-bond donors (Lipinski definition) is 1. The van der Waals surface area contributed by atoms with E-state index in [1.54, 1.807) is 11.0 Å². The van der Waals surface area contributed by atoms with Crippen molar-refractivity contribution in [2.75, 3.05) is 16.8 Å². The van der Waals surface area contributed by atoms with Gasteiger partial charge >= 0.3 is 0 Å². The number of anilines is 2. The van der Waals surface area contributed by atoms with Crippen LogP contribution < -0.4 is 10.2 Å². The maximum atomic E-state index is 13.5. The van der Waals surface area contributed by atoms with Crippen molar-refractivity contribution in [3.63, 3.8) is 0 Å². The van der Waals surface area contributed by atoms with Gasteiger partial charge in [-0.25, -0.2) is 9.37 Å². The number of aromatic nitrogens is 2. The van der Waals surface area contributed by atoms with E-state index in [2.05, 4.69) is 10.3 Å². The molecule has 5 rings (SSSR count). The molecule has 1 aliphatic heterocycles. The van der Waals surface area contributed by atoms with E-state index in [0.29, 0.717) is 24.6 Å². The fourth-order valence-corrected chi connectivity index (χ4v) is 4.15. The van der Waals surface area contributed by atoms with E-state index in [4.69, 9.17) is 0 Å². The number of imidazole rings is 1. The van der Waals surface area contributed by atoms with Crippen molar-refractivity contribution < 1.29 is 14.0 Å². The van der Waals surface area contributed by atoms with Crippen molar-refractivity contribution in [1.82, 2.24) is 9.55 Å². The molecule has 2 amide bonds. The minimum atomic E-state index is -0.707. The van der Waals surface area contributed by atoms with Gasteiger partial charge in [0.15, 0.2) is 0 Å². The first kappa shape index (κ1) is 19.9. The molecule has 0 aliphatic carbocycles. The topological polar surface area (TPSA) is 67.2 Å². The molecule has 1 aromatic heterocycles. The number of rotatable bonds is 6. The number of para-hydroxylation sites is 2. The Morgan fingerprint density at radius 2 is 1.78 bits per heavy atom. The summed E-state index contributed by atoms with van der Waals surface area (Å²) in [5.41, 5.74) is 3.06. The van der Waals surface area contributed by atoms with Crippen LogP contribution in [-0.4, -0.2) is 27.9 Å². The molecule has 0 radical (unpaired) electrons. The summed E-state index contributed by atoms with van der Waals surface area (Å²) in [4.78, 5) is 32.4. The second-order valence-corrected chi connectivity index (χ2v) is 7.77. The predicted molar refractivity (Wildman–Crippen MR) is 121 cm³/mol. The summed E-state index contributed by atoms with van der Waals surface area (Å²) in [5, 5.41) is 2.69. The van der Waals surface area contributed by atoms with Crippen LogP contribution >= 0.6 is 0 Å². The summed E-state index contributed by atoms with van der Waals surface area (Å²) in [6.07, 6.45) is 0.614. The molecule has 0 bridgehead atoms. The number of fused-ring (bicyclic) bond motifs is 3. The molecule has 1 aliphatic rings. The Hall–Kier alpha value is -4.00. The summed E-state index contributed by atoms with van der Waals surface area (Å²) in [7, 11) is 0. The zero-order chi connectivity index (χ0) is 22.1. The van der Waals surface area contributed by atoms with Gasteiger partial charge in [-0.3, -0.25) is 19.1 Å². The molecular weight excluding hydrogens is 407 g/mol. The van der Waals surface area contributed by atoms with E-state index in [-0.39, 0.29) is 18.2 Å². The van der Waals surface area contributed by atoms with E-state index in [0.717, 1.165) is 16.6 Å². The van der Waals surface area contributed by atoms with Gasteiger partial charge in [-0.1, -0.05) is 48.5 Å². The molecule has 0 unspecified atom stereocenters. The molecule has 1 N–H and O–H groups in total.